The van der Waals surface area contributed by atoms with Crippen molar-refractivity contribution in [2.24, 2.45) is 10.9 Å². The Labute approximate surface area is 133 Å². The first kappa shape index (κ1) is 14.2. The average Bonchev–Trinajstić information content (AvgIpc) is 2.97. The van der Waals surface area contributed by atoms with Crippen LogP contribution in [0.3, 0.4) is 0 Å². The minimum absolute atomic E-state index is 0.341. The molecule has 2 heterocycles. The minimum Gasteiger partial charge on any atom is -0.505 e. The molecule has 23 heavy (non-hydrogen) atoms. The SMILES string of the molecule is Oc1ccc(-c2cc3c(c(OCC4CNC4)c2)C=NC3)cc1F. The molecule has 118 valence electrons. The number of hydrogen-bond donors (Lipinski definition) is 2. The first-order chi connectivity index (χ1) is 11.2. The molecule has 2 aromatic rings. The van der Waals surface area contributed by atoms with Crippen LogP contribution in [-0.4, -0.2) is 31.0 Å². The summed E-state index contributed by atoms with van der Waals surface area (Å²) >= 11 is 0. The lowest BCUT2D eigenvalue weighted by molar-refractivity contribution is 0.199. The van der Waals surface area contributed by atoms with Gasteiger partial charge in [-0.15, -0.1) is 0 Å². The fourth-order valence-electron chi connectivity index (χ4n) is 2.84. The van der Waals surface area contributed by atoms with Crippen LogP contribution < -0.4 is 10.1 Å². The molecule has 1 fully saturated rings. The fourth-order valence-corrected chi connectivity index (χ4v) is 2.84. The van der Waals surface area contributed by atoms with Gasteiger partial charge in [0.25, 0.3) is 0 Å². The second-order valence-electron chi connectivity index (χ2n) is 6.02. The topological polar surface area (TPSA) is 53.9 Å². The Morgan fingerprint density at radius 3 is 2.83 bits per heavy atom. The summed E-state index contributed by atoms with van der Waals surface area (Å²) in [5.41, 5.74) is 3.68. The number of nitrogens with zero attached hydrogens (tertiary/aromatic N) is 1. The molecule has 1 saturated heterocycles. The number of ether oxygens (including phenoxy) is 1. The van der Waals surface area contributed by atoms with E-state index in [1.54, 1.807) is 6.07 Å². The summed E-state index contributed by atoms with van der Waals surface area (Å²) in [6.45, 7) is 3.25. The number of phenols is 1. The molecule has 5 heteroatoms. The number of hydrogen-bond acceptors (Lipinski definition) is 4. The molecule has 0 bridgehead atoms. The van der Waals surface area contributed by atoms with E-state index < -0.39 is 5.82 Å². The minimum atomic E-state index is -0.623. The normalized spacial score (nSPS) is 16.2. The van der Waals surface area contributed by atoms with Gasteiger partial charge in [0.15, 0.2) is 11.6 Å². The lowest BCUT2D eigenvalue weighted by Crippen LogP contribution is -2.45. The van der Waals surface area contributed by atoms with Crippen LogP contribution in [0.2, 0.25) is 0 Å². The average molecular weight is 312 g/mol. The zero-order valence-corrected chi connectivity index (χ0v) is 12.6. The van der Waals surface area contributed by atoms with Crippen LogP contribution in [0.15, 0.2) is 35.3 Å². The van der Waals surface area contributed by atoms with E-state index in [2.05, 4.69) is 10.3 Å². The van der Waals surface area contributed by atoms with E-state index in [1.165, 1.54) is 12.1 Å². The lowest BCUT2D eigenvalue weighted by Gasteiger charge is -2.27. The second kappa shape index (κ2) is 5.66. The van der Waals surface area contributed by atoms with Crippen molar-refractivity contribution in [1.82, 2.24) is 5.32 Å². The third-order valence-corrected chi connectivity index (χ3v) is 4.33. The molecular weight excluding hydrogens is 295 g/mol. The van der Waals surface area contributed by atoms with E-state index in [0.717, 1.165) is 35.5 Å². The maximum Gasteiger partial charge on any atom is 0.165 e. The van der Waals surface area contributed by atoms with Gasteiger partial charge in [-0.25, -0.2) is 4.39 Å². The Bertz CT molecular complexity index is 785. The van der Waals surface area contributed by atoms with Gasteiger partial charge in [-0.2, -0.15) is 0 Å². The molecule has 4 rings (SSSR count). The van der Waals surface area contributed by atoms with Gasteiger partial charge in [0.1, 0.15) is 5.75 Å². The molecule has 4 nitrogen and oxygen atoms in total. The molecule has 2 aromatic carbocycles. The maximum absolute atomic E-state index is 13.6. The van der Waals surface area contributed by atoms with Crippen LogP contribution in [0.5, 0.6) is 11.5 Å². The van der Waals surface area contributed by atoms with Crippen molar-refractivity contribution in [2.75, 3.05) is 19.7 Å². The Balaban J connectivity index is 1.68. The second-order valence-corrected chi connectivity index (χ2v) is 6.02. The third-order valence-electron chi connectivity index (χ3n) is 4.33. The van der Waals surface area contributed by atoms with Gasteiger partial charge in [0.05, 0.1) is 13.2 Å². The number of fused-ring (bicyclic) bond motifs is 1. The summed E-state index contributed by atoms with van der Waals surface area (Å²) in [5.74, 6) is 0.368. The summed E-state index contributed by atoms with van der Waals surface area (Å²) in [7, 11) is 0. The van der Waals surface area contributed by atoms with Crippen molar-refractivity contribution in [2.45, 2.75) is 6.54 Å². The zero-order valence-electron chi connectivity index (χ0n) is 12.6. The van der Waals surface area contributed by atoms with Crippen molar-refractivity contribution in [3.8, 4) is 22.6 Å². The number of rotatable bonds is 4. The number of benzene rings is 2. The van der Waals surface area contributed by atoms with Crippen LogP contribution in [-0.2, 0) is 6.54 Å². The van der Waals surface area contributed by atoms with E-state index >= 15 is 0 Å². The summed E-state index contributed by atoms with van der Waals surface area (Å²) in [6.07, 6.45) is 1.84. The quantitative estimate of drug-likeness (QED) is 0.913. The van der Waals surface area contributed by atoms with Gasteiger partial charge in [0, 0.05) is 30.8 Å². The van der Waals surface area contributed by atoms with Gasteiger partial charge in [-0.3, -0.25) is 4.99 Å². The molecule has 2 N–H and O–H groups in total. The van der Waals surface area contributed by atoms with Gasteiger partial charge in [-0.1, -0.05) is 6.07 Å². The summed E-state index contributed by atoms with van der Waals surface area (Å²) in [6, 6.07) is 8.34. The molecule has 0 aromatic heterocycles. The van der Waals surface area contributed by atoms with Crippen molar-refractivity contribution < 1.29 is 14.2 Å². The molecular formula is C18H17FN2O2. The highest BCUT2D eigenvalue weighted by Crippen LogP contribution is 2.34. The molecule has 0 amide bonds. The predicted octanol–water partition coefficient (Wildman–Crippen LogP) is 2.73. The largest absolute Gasteiger partial charge is 0.505 e. The molecule has 0 unspecified atom stereocenters. The smallest absolute Gasteiger partial charge is 0.165 e. The Morgan fingerprint density at radius 2 is 2.09 bits per heavy atom. The lowest BCUT2D eigenvalue weighted by atomic mass is 9.99. The van der Waals surface area contributed by atoms with Gasteiger partial charge in [0.2, 0.25) is 0 Å². The van der Waals surface area contributed by atoms with Gasteiger partial charge >= 0.3 is 0 Å². The fraction of sp³-hybridized carbons (Fsp3) is 0.278. The highest BCUT2D eigenvalue weighted by molar-refractivity contribution is 5.90. The van der Waals surface area contributed by atoms with E-state index in [-0.39, 0.29) is 5.75 Å². The van der Waals surface area contributed by atoms with Crippen LogP contribution in [0.25, 0.3) is 11.1 Å². The summed E-state index contributed by atoms with van der Waals surface area (Å²) in [4.78, 5) is 4.31. The standard InChI is InChI=1S/C18H17FN2O2/c19-16-4-12(1-2-17(16)22)13-3-14-8-21-9-15(14)18(5-13)23-10-11-6-20-7-11/h1-5,9,11,20,22H,6-8,10H2. The van der Waals surface area contributed by atoms with Crippen LogP contribution in [0.4, 0.5) is 4.39 Å². The summed E-state index contributed by atoms with van der Waals surface area (Å²) < 4.78 is 19.6. The Hall–Kier alpha value is -2.40. The zero-order chi connectivity index (χ0) is 15.8. The van der Waals surface area contributed by atoms with Crippen molar-refractivity contribution in [3.05, 3.63) is 47.3 Å². The molecule has 2 aliphatic heterocycles. The van der Waals surface area contributed by atoms with E-state index in [0.29, 0.717) is 24.6 Å². The predicted molar refractivity (Wildman–Crippen MR) is 86.7 cm³/mol. The molecule has 0 spiro atoms. The molecule has 0 aliphatic carbocycles. The monoisotopic (exact) mass is 312 g/mol. The number of halogens is 1. The Morgan fingerprint density at radius 1 is 1.22 bits per heavy atom. The van der Waals surface area contributed by atoms with Crippen molar-refractivity contribution in [1.29, 1.82) is 0 Å². The van der Waals surface area contributed by atoms with Crippen molar-refractivity contribution in [3.63, 3.8) is 0 Å². The van der Waals surface area contributed by atoms with Crippen LogP contribution in [0, 0.1) is 11.7 Å². The number of aromatic hydroxyl groups is 1. The first-order valence-corrected chi connectivity index (χ1v) is 7.70. The molecule has 0 atom stereocenters. The Kier molecular flexibility index (Phi) is 3.50. The van der Waals surface area contributed by atoms with Gasteiger partial charge in [-0.05, 0) is 41.0 Å². The molecule has 0 saturated carbocycles. The third kappa shape index (κ3) is 2.68. The van der Waals surface area contributed by atoms with E-state index in [4.69, 9.17) is 4.74 Å². The van der Waals surface area contributed by atoms with E-state index in [9.17, 15) is 9.50 Å². The van der Waals surface area contributed by atoms with Crippen molar-refractivity contribution >= 4 is 6.21 Å². The van der Waals surface area contributed by atoms with Gasteiger partial charge < -0.3 is 15.2 Å². The maximum atomic E-state index is 13.6. The van der Waals surface area contributed by atoms with E-state index in [1.807, 2.05) is 18.3 Å². The highest BCUT2D eigenvalue weighted by atomic mass is 19.1. The first-order valence-electron chi connectivity index (χ1n) is 7.70. The molecule has 2 aliphatic rings. The summed E-state index contributed by atoms with van der Waals surface area (Å²) in [5, 5.41) is 12.6. The number of nitrogens with one attached hydrogen (secondary N) is 1. The number of phenolic OH excluding ortho intramolecular Hbond substituents is 1. The highest BCUT2D eigenvalue weighted by Gasteiger charge is 2.20. The number of aliphatic imine (C=N–C) groups is 1. The molecule has 0 radical (unpaired) electrons. The van der Waals surface area contributed by atoms with Crippen LogP contribution in [0.1, 0.15) is 11.1 Å². The van der Waals surface area contributed by atoms with Crippen LogP contribution >= 0.6 is 0 Å².